The molecule has 3 aromatic rings. The Morgan fingerprint density at radius 3 is 2.81 bits per heavy atom. The summed E-state index contributed by atoms with van der Waals surface area (Å²) in [6.45, 7) is 0.310. The number of hydrogen-bond donors (Lipinski definition) is 0. The average molecular weight is 381 g/mol. The van der Waals surface area contributed by atoms with Crippen LogP contribution < -0.4 is 0 Å². The lowest BCUT2D eigenvalue weighted by Crippen LogP contribution is -2.30. The summed E-state index contributed by atoms with van der Waals surface area (Å²) in [6, 6.07) is 6.58. The lowest BCUT2D eigenvalue weighted by atomic mass is 10.1. The molecule has 26 heavy (non-hydrogen) atoms. The van der Waals surface area contributed by atoms with E-state index in [0.29, 0.717) is 6.54 Å². The molecule has 0 spiro atoms. The van der Waals surface area contributed by atoms with Gasteiger partial charge in [0.2, 0.25) is 11.7 Å². The van der Waals surface area contributed by atoms with Gasteiger partial charge < -0.3 is 4.90 Å². The van der Waals surface area contributed by atoms with E-state index in [9.17, 15) is 18.0 Å². The maximum Gasteiger partial charge on any atom is 0.416 e. The predicted octanol–water partition coefficient (Wildman–Crippen LogP) is 3.08. The van der Waals surface area contributed by atoms with E-state index in [1.54, 1.807) is 18.4 Å². The van der Waals surface area contributed by atoms with E-state index in [4.69, 9.17) is 0 Å². The molecule has 2 heterocycles. The second kappa shape index (κ2) is 7.24. The van der Waals surface area contributed by atoms with Crippen LogP contribution in [0.25, 0.3) is 11.4 Å². The van der Waals surface area contributed by atoms with Crippen molar-refractivity contribution < 1.29 is 18.0 Å². The highest BCUT2D eigenvalue weighted by Crippen LogP contribution is 2.31. The van der Waals surface area contributed by atoms with Crippen LogP contribution >= 0.6 is 11.3 Å². The van der Waals surface area contributed by atoms with Gasteiger partial charge >= 0.3 is 6.18 Å². The molecule has 0 unspecified atom stereocenters. The minimum atomic E-state index is -4.45. The fourth-order valence-electron chi connectivity index (χ4n) is 2.25. The van der Waals surface area contributed by atoms with Gasteiger partial charge in [-0.05, 0) is 39.7 Å². The molecule has 0 saturated heterocycles. The lowest BCUT2D eigenvalue weighted by molar-refractivity contribution is -0.137. The molecule has 3 rings (SSSR count). The summed E-state index contributed by atoms with van der Waals surface area (Å²) >= 11 is 1.54. The molecular weight excluding hydrogens is 367 g/mol. The van der Waals surface area contributed by atoms with Gasteiger partial charge in [0.25, 0.3) is 0 Å². The van der Waals surface area contributed by atoms with Crippen LogP contribution in [0.15, 0.2) is 41.1 Å². The highest BCUT2D eigenvalue weighted by atomic mass is 32.1. The molecule has 0 N–H and O–H groups in total. The summed E-state index contributed by atoms with van der Waals surface area (Å²) < 4.78 is 38.4. The Morgan fingerprint density at radius 2 is 2.12 bits per heavy atom. The van der Waals surface area contributed by atoms with Crippen molar-refractivity contribution in [3.05, 3.63) is 52.2 Å². The quantitative estimate of drug-likeness (QED) is 0.681. The van der Waals surface area contributed by atoms with Gasteiger partial charge in [-0.3, -0.25) is 4.79 Å². The van der Waals surface area contributed by atoms with Crippen LogP contribution in [0, 0.1) is 0 Å². The molecule has 0 aliphatic rings. The summed E-state index contributed by atoms with van der Waals surface area (Å²) in [6.07, 6.45) is -4.45. The topological polar surface area (TPSA) is 63.9 Å². The van der Waals surface area contributed by atoms with Gasteiger partial charge in [0.15, 0.2) is 0 Å². The number of carbonyl (C=O) groups is 1. The largest absolute Gasteiger partial charge is 0.416 e. The van der Waals surface area contributed by atoms with Gasteiger partial charge in [0.05, 0.1) is 5.56 Å². The van der Waals surface area contributed by atoms with Crippen LogP contribution in [0.1, 0.15) is 11.1 Å². The standard InChI is InChI=1S/C16H14F3N5OS/c1-23(8-11-5-6-26-10-11)14(25)9-24-21-15(20-22-24)12-3-2-4-13(7-12)16(17,18)19/h2-7,10H,8-9H2,1H3. The summed E-state index contributed by atoms with van der Waals surface area (Å²) in [4.78, 5) is 14.8. The molecule has 0 bridgehead atoms. The normalized spacial score (nSPS) is 11.5. The fraction of sp³-hybridized carbons (Fsp3) is 0.250. The van der Waals surface area contributed by atoms with E-state index in [1.807, 2.05) is 16.8 Å². The van der Waals surface area contributed by atoms with E-state index in [1.165, 1.54) is 17.0 Å². The zero-order chi connectivity index (χ0) is 18.7. The maximum atomic E-state index is 12.8. The zero-order valence-electron chi connectivity index (χ0n) is 13.6. The first-order chi connectivity index (χ1) is 12.3. The Balaban J connectivity index is 1.69. The first-order valence-corrected chi connectivity index (χ1v) is 8.47. The van der Waals surface area contributed by atoms with Crippen molar-refractivity contribution in [3.8, 4) is 11.4 Å². The van der Waals surface area contributed by atoms with E-state index in [0.717, 1.165) is 22.5 Å². The van der Waals surface area contributed by atoms with Crippen LogP contribution in [0.5, 0.6) is 0 Å². The van der Waals surface area contributed by atoms with Gasteiger partial charge in [0.1, 0.15) is 6.54 Å². The third-order valence-corrected chi connectivity index (χ3v) is 4.34. The number of likely N-dealkylation sites (N-methyl/N-ethyl adjacent to an activating group) is 1. The van der Waals surface area contributed by atoms with Gasteiger partial charge in [-0.15, -0.1) is 10.2 Å². The Labute approximate surface area is 150 Å². The summed E-state index contributed by atoms with van der Waals surface area (Å²) in [7, 11) is 1.66. The van der Waals surface area contributed by atoms with Gasteiger partial charge in [-0.25, -0.2) is 0 Å². The number of nitrogens with zero attached hydrogens (tertiary/aromatic N) is 5. The maximum absolute atomic E-state index is 12.8. The number of rotatable bonds is 5. The minimum Gasteiger partial charge on any atom is -0.340 e. The van der Waals surface area contributed by atoms with Crippen molar-refractivity contribution in [3.63, 3.8) is 0 Å². The minimum absolute atomic E-state index is 0.0318. The monoisotopic (exact) mass is 381 g/mol. The highest BCUT2D eigenvalue weighted by Gasteiger charge is 2.30. The van der Waals surface area contributed by atoms with Crippen LogP contribution in [0.4, 0.5) is 13.2 Å². The number of halogens is 3. The number of carbonyl (C=O) groups excluding carboxylic acids is 1. The molecule has 0 aliphatic heterocycles. The van der Waals surface area contributed by atoms with Crippen molar-refractivity contribution in [1.82, 2.24) is 25.1 Å². The van der Waals surface area contributed by atoms with E-state index >= 15 is 0 Å². The van der Waals surface area contributed by atoms with E-state index in [-0.39, 0.29) is 23.8 Å². The summed E-state index contributed by atoms with van der Waals surface area (Å²) in [5.74, 6) is -0.200. The smallest absolute Gasteiger partial charge is 0.340 e. The Kier molecular flexibility index (Phi) is 5.03. The third kappa shape index (κ3) is 4.26. The number of tetrazole rings is 1. The number of hydrogen-bond acceptors (Lipinski definition) is 5. The van der Waals surface area contributed by atoms with Crippen molar-refractivity contribution >= 4 is 17.2 Å². The molecule has 10 heteroatoms. The van der Waals surface area contributed by atoms with Crippen molar-refractivity contribution in [2.75, 3.05) is 7.05 Å². The number of amides is 1. The molecule has 0 saturated carbocycles. The molecule has 2 aromatic heterocycles. The first kappa shape index (κ1) is 18.1. The zero-order valence-corrected chi connectivity index (χ0v) is 14.5. The molecule has 0 fully saturated rings. The number of alkyl halides is 3. The average Bonchev–Trinajstić information content (AvgIpc) is 3.26. The van der Waals surface area contributed by atoms with Crippen LogP contribution in [0.3, 0.4) is 0 Å². The molecule has 6 nitrogen and oxygen atoms in total. The number of aromatic nitrogens is 4. The van der Waals surface area contributed by atoms with Crippen LogP contribution in [-0.4, -0.2) is 38.1 Å². The second-order valence-corrected chi connectivity index (χ2v) is 6.38. The first-order valence-electron chi connectivity index (χ1n) is 7.53. The third-order valence-electron chi connectivity index (χ3n) is 3.60. The van der Waals surface area contributed by atoms with Crippen molar-refractivity contribution in [2.24, 2.45) is 0 Å². The molecule has 0 aliphatic carbocycles. The fourth-order valence-corrected chi connectivity index (χ4v) is 2.91. The van der Waals surface area contributed by atoms with E-state index in [2.05, 4.69) is 15.4 Å². The predicted molar refractivity (Wildman–Crippen MR) is 89.0 cm³/mol. The van der Waals surface area contributed by atoms with E-state index < -0.39 is 11.7 Å². The second-order valence-electron chi connectivity index (χ2n) is 5.60. The summed E-state index contributed by atoms with van der Waals surface area (Å²) in [5.41, 5.74) is 0.408. The summed E-state index contributed by atoms with van der Waals surface area (Å²) in [5, 5.41) is 15.4. The number of benzene rings is 1. The van der Waals surface area contributed by atoms with Gasteiger partial charge in [0, 0.05) is 19.2 Å². The SMILES string of the molecule is CN(Cc1ccsc1)C(=O)Cn1nnc(-c2cccc(C(F)(F)F)c2)n1. The molecule has 1 aromatic carbocycles. The Hall–Kier alpha value is -2.75. The molecule has 136 valence electrons. The number of thiophene rings is 1. The molecular formula is C16H14F3N5OS. The molecule has 1 amide bonds. The van der Waals surface area contributed by atoms with Crippen LogP contribution in [-0.2, 0) is 24.1 Å². The Bertz CT molecular complexity index is 891. The van der Waals surface area contributed by atoms with Crippen molar-refractivity contribution in [1.29, 1.82) is 0 Å². The van der Waals surface area contributed by atoms with Crippen LogP contribution in [0.2, 0.25) is 0 Å². The highest BCUT2D eigenvalue weighted by molar-refractivity contribution is 7.07. The van der Waals surface area contributed by atoms with Gasteiger partial charge in [-0.1, -0.05) is 12.1 Å². The Morgan fingerprint density at radius 1 is 1.31 bits per heavy atom. The lowest BCUT2D eigenvalue weighted by Gasteiger charge is -2.15. The molecule has 0 radical (unpaired) electrons. The molecule has 0 atom stereocenters. The van der Waals surface area contributed by atoms with Crippen molar-refractivity contribution in [2.45, 2.75) is 19.3 Å². The van der Waals surface area contributed by atoms with Gasteiger partial charge in [-0.2, -0.15) is 29.3 Å².